The van der Waals surface area contributed by atoms with Gasteiger partial charge in [-0.15, -0.1) is 0 Å². The van der Waals surface area contributed by atoms with Crippen LogP contribution in [0.4, 0.5) is 34.5 Å². The third-order valence-electron chi connectivity index (χ3n) is 15.7. The van der Waals surface area contributed by atoms with Crippen molar-refractivity contribution >= 4 is 46.3 Å². The zero-order valence-corrected chi connectivity index (χ0v) is 44.1. The van der Waals surface area contributed by atoms with Gasteiger partial charge < -0.3 is 44.3 Å². The quantitative estimate of drug-likeness (QED) is 0.0964. The lowest BCUT2D eigenvalue weighted by Crippen LogP contribution is -2.49. The summed E-state index contributed by atoms with van der Waals surface area (Å²) in [5.74, 6) is 2.83. The number of para-hydroxylation sites is 1. The van der Waals surface area contributed by atoms with E-state index in [1.54, 1.807) is 24.2 Å². The number of benzene rings is 4. The lowest BCUT2D eigenvalue weighted by atomic mass is 9.91. The first kappa shape index (κ1) is 51.1. The summed E-state index contributed by atoms with van der Waals surface area (Å²) >= 11 is 0. The largest absolute Gasteiger partial charge is 0.508 e. The number of rotatable bonds is 14. The number of likely N-dealkylation sites (tertiary alicyclic amines) is 1. The molecule has 0 unspecified atom stereocenters. The lowest BCUT2D eigenvalue weighted by Gasteiger charge is -2.40. The summed E-state index contributed by atoms with van der Waals surface area (Å²) in [5.41, 5.74) is 6.35. The van der Waals surface area contributed by atoms with E-state index in [2.05, 4.69) is 54.9 Å². The first-order chi connectivity index (χ1) is 36.3. The van der Waals surface area contributed by atoms with Crippen LogP contribution in [-0.4, -0.2) is 148 Å². The number of piperazine rings is 1. The number of phenolic OH excluding ortho intramolecular Hbond substituents is 2. The maximum absolute atomic E-state index is 13.9. The number of fused-ring (bicyclic) bond motifs is 2. The summed E-state index contributed by atoms with van der Waals surface area (Å²) in [4.78, 5) is 65.3. The van der Waals surface area contributed by atoms with Crippen LogP contribution < -0.4 is 30.0 Å². The average Bonchev–Trinajstić information content (AvgIpc) is 3.79. The Kier molecular flexibility index (Phi) is 14.8. The van der Waals surface area contributed by atoms with Crippen molar-refractivity contribution in [2.45, 2.75) is 65.8 Å². The number of nitrogens with zero attached hydrogens (tertiary/aromatic N) is 11. The van der Waals surface area contributed by atoms with Gasteiger partial charge in [-0.1, -0.05) is 38.1 Å². The molecule has 3 fully saturated rings. The number of nitrogens with one attached hydrogen (secondary N) is 1. The first-order valence-electron chi connectivity index (χ1n) is 26.6. The van der Waals surface area contributed by atoms with Crippen LogP contribution in [0.25, 0.3) is 17.1 Å². The summed E-state index contributed by atoms with van der Waals surface area (Å²) in [7, 11) is 3.69. The number of hydrogen-bond acceptors (Lipinski definition) is 14. The van der Waals surface area contributed by atoms with Crippen LogP contribution in [0.3, 0.4) is 0 Å². The zero-order valence-electron chi connectivity index (χ0n) is 44.1. The average molecular weight is 1020 g/mol. The maximum atomic E-state index is 13.9. The van der Waals surface area contributed by atoms with Crippen molar-refractivity contribution in [1.29, 1.82) is 0 Å². The van der Waals surface area contributed by atoms with Gasteiger partial charge in [-0.3, -0.25) is 14.5 Å². The van der Waals surface area contributed by atoms with Crippen LogP contribution in [0, 0.1) is 11.8 Å². The molecule has 10 rings (SSSR count). The predicted octanol–water partition coefficient (Wildman–Crippen LogP) is 7.74. The van der Waals surface area contributed by atoms with Crippen LogP contribution in [0.5, 0.6) is 17.2 Å². The van der Waals surface area contributed by atoms with E-state index in [-0.39, 0.29) is 35.1 Å². The number of H-pyrrole nitrogens is 1. The molecule has 18 heteroatoms. The van der Waals surface area contributed by atoms with Crippen LogP contribution in [0.1, 0.15) is 80.8 Å². The van der Waals surface area contributed by atoms with Crippen molar-refractivity contribution in [3.8, 4) is 34.3 Å². The van der Waals surface area contributed by atoms with Gasteiger partial charge in [0, 0.05) is 110 Å². The molecule has 4 aliphatic rings. The lowest BCUT2D eigenvalue weighted by molar-refractivity contribution is -0.137. The van der Waals surface area contributed by atoms with Crippen molar-refractivity contribution in [1.82, 2.24) is 39.4 Å². The number of aromatic hydroxyl groups is 2. The number of phenols is 2. The molecule has 6 heterocycles. The van der Waals surface area contributed by atoms with Gasteiger partial charge in [0.15, 0.2) is 11.6 Å². The van der Waals surface area contributed by atoms with Crippen molar-refractivity contribution < 1.29 is 24.5 Å². The zero-order chi connectivity index (χ0) is 52.5. The number of anilines is 6. The highest BCUT2D eigenvalue weighted by molar-refractivity contribution is 6.13. The normalized spacial score (nSPS) is 17.1. The topological polar surface area (TPSA) is 183 Å². The minimum Gasteiger partial charge on any atom is -0.508 e. The molecule has 4 aliphatic heterocycles. The minimum absolute atomic E-state index is 0.00366. The second-order valence-corrected chi connectivity index (χ2v) is 20.7. The fourth-order valence-electron chi connectivity index (χ4n) is 11.4. The van der Waals surface area contributed by atoms with Gasteiger partial charge in [0.1, 0.15) is 22.9 Å². The molecular weight excluding hydrogens is 949 g/mol. The molecule has 2 aromatic heterocycles. The summed E-state index contributed by atoms with van der Waals surface area (Å²) < 4.78 is 7.74. The Morgan fingerprint density at radius 1 is 0.787 bits per heavy atom. The highest BCUT2D eigenvalue weighted by Crippen LogP contribution is 2.42. The fraction of sp³-hybridized carbons (Fsp3) is 0.439. The van der Waals surface area contributed by atoms with E-state index >= 15 is 0 Å². The van der Waals surface area contributed by atoms with Gasteiger partial charge in [0.2, 0.25) is 11.9 Å². The van der Waals surface area contributed by atoms with E-state index in [1.165, 1.54) is 10.6 Å². The Bertz CT molecular complexity index is 3080. The van der Waals surface area contributed by atoms with Crippen LogP contribution in [0.2, 0.25) is 0 Å². The molecule has 0 atom stereocenters. The Balaban J connectivity index is 0.687. The number of aromatic nitrogens is 5. The molecule has 0 spiro atoms. The second kappa shape index (κ2) is 21.8. The molecule has 394 valence electrons. The molecule has 4 aromatic carbocycles. The molecule has 0 bridgehead atoms. The number of ether oxygens (including phenoxy) is 1. The summed E-state index contributed by atoms with van der Waals surface area (Å²) in [6, 6.07) is 24.8. The smallest absolute Gasteiger partial charge is 0.348 e. The summed E-state index contributed by atoms with van der Waals surface area (Å²) in [6.45, 7) is 18.1. The molecular formula is C57H70N12O6. The molecule has 0 radical (unpaired) electrons. The van der Waals surface area contributed by atoms with E-state index < -0.39 is 5.69 Å². The van der Waals surface area contributed by atoms with E-state index in [0.717, 1.165) is 120 Å². The van der Waals surface area contributed by atoms with Crippen LogP contribution in [-0.2, 0) is 11.3 Å². The Morgan fingerprint density at radius 3 is 2.20 bits per heavy atom. The van der Waals surface area contributed by atoms with Crippen molar-refractivity contribution in [3.63, 3.8) is 0 Å². The number of aromatic amines is 1. The van der Waals surface area contributed by atoms with E-state index in [9.17, 15) is 24.6 Å². The monoisotopic (exact) mass is 1020 g/mol. The fourth-order valence-corrected chi connectivity index (χ4v) is 11.4. The Labute approximate surface area is 438 Å². The standard InChI is InChI=1S/C57H70N12O6/c1-7-68(56-58-34-48-53(59-56)62(5)46-12-10-9-11-43(46)55(73)63(48)6)47-18-17-42(31-51(47)75-8-2)66-25-21-40(22-26-66)54(72)67-23-19-39(20-24-67)36-65-29-27-64(28-30-65)35-38-13-15-41(16-14-38)69-52(60-61-57(69)74)45-32-44(37(3)4)49(70)33-50(45)71/h9-18,31-34,37,39-40,70-71H,7-8,19-30,35-36H2,1-6H3,(H,61,74). The van der Waals surface area contributed by atoms with E-state index in [0.29, 0.717) is 64.8 Å². The van der Waals surface area contributed by atoms with Crippen LogP contribution >= 0.6 is 0 Å². The third kappa shape index (κ3) is 10.4. The Morgan fingerprint density at radius 2 is 1.49 bits per heavy atom. The minimum atomic E-state index is -0.413. The van der Waals surface area contributed by atoms with Gasteiger partial charge in [-0.05, 0) is 105 Å². The number of carbonyl (C=O) groups is 2. The summed E-state index contributed by atoms with van der Waals surface area (Å²) in [5, 5.41) is 27.8. The van der Waals surface area contributed by atoms with E-state index in [4.69, 9.17) is 14.7 Å². The molecule has 3 saturated heterocycles. The molecule has 0 saturated carbocycles. The molecule has 3 N–H and O–H groups in total. The second-order valence-electron chi connectivity index (χ2n) is 20.7. The van der Waals surface area contributed by atoms with Gasteiger partial charge in [0.05, 0.1) is 41.0 Å². The van der Waals surface area contributed by atoms with Crippen LogP contribution in [0.15, 0.2) is 89.9 Å². The number of hydrogen-bond donors (Lipinski definition) is 3. The molecule has 2 amide bonds. The van der Waals surface area contributed by atoms with Gasteiger partial charge in [0.25, 0.3) is 5.91 Å². The predicted molar refractivity (Wildman–Crippen MR) is 293 cm³/mol. The SMILES string of the molecule is CCOc1cc(N2CCC(C(=O)N3CCC(CN4CCN(Cc5ccc(-n6c(-c7cc(C(C)C)c(O)cc7O)n[nH]c6=O)cc5)CC4)CC3)CC2)ccc1N(CC)c1ncc2c(n1)N(C)c1ccccc1C(=O)N2C. The molecule has 18 nitrogen and oxygen atoms in total. The summed E-state index contributed by atoms with van der Waals surface area (Å²) in [6.07, 6.45) is 5.41. The molecule has 0 aliphatic carbocycles. The molecule has 6 aromatic rings. The highest BCUT2D eigenvalue weighted by atomic mass is 16.5. The van der Waals surface area contributed by atoms with Gasteiger partial charge in [-0.25, -0.2) is 19.4 Å². The van der Waals surface area contributed by atoms with E-state index in [1.807, 2.05) is 86.1 Å². The van der Waals surface area contributed by atoms with Gasteiger partial charge >= 0.3 is 5.69 Å². The number of amides is 2. The number of piperidine rings is 2. The highest BCUT2D eigenvalue weighted by Gasteiger charge is 2.34. The third-order valence-corrected chi connectivity index (χ3v) is 15.7. The Hall–Kier alpha value is -7.44. The molecule has 75 heavy (non-hydrogen) atoms. The van der Waals surface area contributed by atoms with Crippen molar-refractivity contribution in [2.24, 2.45) is 11.8 Å². The maximum Gasteiger partial charge on any atom is 0.348 e. The van der Waals surface area contributed by atoms with Crippen molar-refractivity contribution in [3.05, 3.63) is 112 Å². The van der Waals surface area contributed by atoms with Gasteiger partial charge in [-0.2, -0.15) is 10.1 Å². The first-order valence-corrected chi connectivity index (χ1v) is 26.6. The van der Waals surface area contributed by atoms with Crippen molar-refractivity contribution in [2.75, 3.05) is 106 Å². The number of carbonyl (C=O) groups excluding carboxylic acids is 2.